The molecule has 19 heavy (non-hydrogen) atoms. The molecule has 4 N–H and O–H groups in total. The highest BCUT2D eigenvalue weighted by Gasteiger charge is 2.40. The largest absolute Gasteiger partial charge is 0.409 e. The van der Waals surface area contributed by atoms with Gasteiger partial charge < -0.3 is 16.3 Å². The van der Waals surface area contributed by atoms with E-state index in [0.717, 1.165) is 13.0 Å². The number of oxime groups is 1. The van der Waals surface area contributed by atoms with E-state index < -0.39 is 0 Å². The van der Waals surface area contributed by atoms with Gasteiger partial charge in [0.1, 0.15) is 0 Å². The molecule has 1 amide bonds. The van der Waals surface area contributed by atoms with Crippen molar-refractivity contribution in [3.05, 3.63) is 35.4 Å². The lowest BCUT2D eigenvalue weighted by Gasteiger charge is -2.13. The summed E-state index contributed by atoms with van der Waals surface area (Å²) in [6, 6.07) is 6.75. The van der Waals surface area contributed by atoms with E-state index in [4.69, 9.17) is 10.9 Å². The van der Waals surface area contributed by atoms with Crippen LogP contribution in [-0.2, 0) is 0 Å². The highest BCUT2D eigenvalue weighted by Crippen LogP contribution is 2.47. The van der Waals surface area contributed by atoms with Crippen LogP contribution in [0.15, 0.2) is 29.4 Å². The maximum absolute atomic E-state index is 12.0. The fourth-order valence-corrected chi connectivity index (χ4v) is 2.08. The molecule has 2 rings (SSSR count). The molecule has 0 aliphatic heterocycles. The molecular weight excluding hydrogens is 242 g/mol. The van der Waals surface area contributed by atoms with E-state index in [1.54, 1.807) is 24.3 Å². The van der Waals surface area contributed by atoms with Crippen molar-refractivity contribution in [2.75, 3.05) is 6.54 Å². The van der Waals surface area contributed by atoms with Crippen LogP contribution in [-0.4, -0.2) is 23.5 Å². The summed E-state index contributed by atoms with van der Waals surface area (Å²) < 4.78 is 0. The molecule has 1 aliphatic carbocycles. The van der Waals surface area contributed by atoms with Crippen LogP contribution in [0.1, 0.15) is 42.1 Å². The molecule has 5 nitrogen and oxygen atoms in total. The van der Waals surface area contributed by atoms with Gasteiger partial charge in [0.05, 0.1) is 0 Å². The van der Waals surface area contributed by atoms with Gasteiger partial charge in [0.15, 0.2) is 5.84 Å². The molecular formula is C14H19N3O2. The van der Waals surface area contributed by atoms with Crippen molar-refractivity contribution in [1.29, 1.82) is 0 Å². The van der Waals surface area contributed by atoms with Crippen LogP contribution in [0.25, 0.3) is 0 Å². The number of carbonyl (C=O) groups excluding carboxylic acids is 1. The van der Waals surface area contributed by atoms with Crippen molar-refractivity contribution < 1.29 is 10.0 Å². The lowest BCUT2D eigenvalue weighted by molar-refractivity contribution is 0.0944. The summed E-state index contributed by atoms with van der Waals surface area (Å²) in [4.78, 5) is 12.0. The Kier molecular flexibility index (Phi) is 3.74. The fourth-order valence-electron chi connectivity index (χ4n) is 2.08. The number of amides is 1. The quantitative estimate of drug-likeness (QED) is 0.326. The van der Waals surface area contributed by atoms with Crippen molar-refractivity contribution in [2.45, 2.75) is 26.2 Å². The molecule has 0 saturated heterocycles. The minimum atomic E-state index is -0.118. The van der Waals surface area contributed by atoms with Gasteiger partial charge in [0, 0.05) is 17.7 Å². The van der Waals surface area contributed by atoms with E-state index in [1.165, 1.54) is 12.8 Å². The second-order valence-electron chi connectivity index (χ2n) is 5.10. The third-order valence-corrected chi connectivity index (χ3v) is 3.86. The van der Waals surface area contributed by atoms with E-state index in [9.17, 15) is 4.79 Å². The molecule has 0 spiro atoms. The Bertz CT molecular complexity index is 507. The first-order valence-electron chi connectivity index (χ1n) is 6.46. The number of hydrogen-bond acceptors (Lipinski definition) is 3. The first kappa shape index (κ1) is 13.4. The molecule has 1 aliphatic rings. The molecule has 0 atom stereocenters. The monoisotopic (exact) mass is 261 g/mol. The summed E-state index contributed by atoms with van der Waals surface area (Å²) in [5.41, 5.74) is 6.88. The second kappa shape index (κ2) is 5.30. The van der Waals surface area contributed by atoms with Crippen LogP contribution < -0.4 is 11.1 Å². The topological polar surface area (TPSA) is 87.7 Å². The lowest BCUT2D eigenvalue weighted by atomic mass is 10.0. The molecule has 0 bridgehead atoms. The molecule has 0 unspecified atom stereocenters. The van der Waals surface area contributed by atoms with E-state index in [1.807, 2.05) is 0 Å². The molecule has 1 saturated carbocycles. The first-order valence-corrected chi connectivity index (χ1v) is 6.46. The summed E-state index contributed by atoms with van der Waals surface area (Å²) in [5.74, 6) is -0.116. The van der Waals surface area contributed by atoms with Crippen LogP contribution in [0.4, 0.5) is 0 Å². The Hall–Kier alpha value is -2.04. The average molecular weight is 261 g/mol. The highest BCUT2D eigenvalue weighted by atomic mass is 16.4. The van der Waals surface area contributed by atoms with E-state index >= 15 is 0 Å². The predicted molar refractivity (Wildman–Crippen MR) is 73.2 cm³/mol. The van der Waals surface area contributed by atoms with Crippen molar-refractivity contribution in [1.82, 2.24) is 5.32 Å². The number of nitrogens with zero attached hydrogens (tertiary/aromatic N) is 1. The van der Waals surface area contributed by atoms with Gasteiger partial charge in [-0.05, 0) is 36.8 Å². The van der Waals surface area contributed by atoms with Crippen LogP contribution in [0, 0.1) is 5.41 Å². The number of nitrogens with one attached hydrogen (secondary N) is 1. The maximum Gasteiger partial charge on any atom is 0.251 e. The Labute approximate surface area is 112 Å². The second-order valence-corrected chi connectivity index (χ2v) is 5.10. The van der Waals surface area contributed by atoms with Crippen LogP contribution in [0.3, 0.4) is 0 Å². The number of rotatable bonds is 5. The van der Waals surface area contributed by atoms with Crippen molar-refractivity contribution in [3.8, 4) is 0 Å². The Morgan fingerprint density at radius 3 is 2.74 bits per heavy atom. The zero-order valence-electron chi connectivity index (χ0n) is 11.0. The van der Waals surface area contributed by atoms with Gasteiger partial charge in [-0.2, -0.15) is 0 Å². The fraction of sp³-hybridized carbons (Fsp3) is 0.429. The standard InChI is InChI=1S/C14H19N3O2/c1-2-14(6-7-14)9-16-13(18)11-5-3-4-10(8-11)12(15)17-19/h3-5,8,19H,2,6-7,9H2,1H3,(H2,15,17)(H,16,18). The summed E-state index contributed by atoms with van der Waals surface area (Å²) in [6.45, 7) is 2.87. The molecule has 1 fully saturated rings. The summed E-state index contributed by atoms with van der Waals surface area (Å²) in [6.07, 6.45) is 3.47. The Morgan fingerprint density at radius 2 is 2.16 bits per heavy atom. The van der Waals surface area contributed by atoms with E-state index in [-0.39, 0.29) is 11.7 Å². The van der Waals surface area contributed by atoms with Gasteiger partial charge in [-0.1, -0.05) is 24.2 Å². The average Bonchev–Trinajstić information content (AvgIpc) is 3.24. The smallest absolute Gasteiger partial charge is 0.251 e. The molecule has 102 valence electrons. The van der Waals surface area contributed by atoms with Crippen LogP contribution in [0.5, 0.6) is 0 Å². The Balaban J connectivity index is 2.03. The lowest BCUT2D eigenvalue weighted by Crippen LogP contribution is -2.30. The Morgan fingerprint density at radius 1 is 1.47 bits per heavy atom. The SMILES string of the molecule is CCC1(CNC(=O)c2cccc(/C(N)=N/O)c2)CC1. The van der Waals surface area contributed by atoms with Crippen molar-refractivity contribution in [3.63, 3.8) is 0 Å². The minimum absolute atomic E-state index is 0.00173. The highest BCUT2D eigenvalue weighted by molar-refractivity contribution is 6.01. The first-order chi connectivity index (χ1) is 9.10. The summed E-state index contributed by atoms with van der Waals surface area (Å²) in [5, 5.41) is 14.5. The number of hydrogen-bond donors (Lipinski definition) is 3. The minimum Gasteiger partial charge on any atom is -0.409 e. The van der Waals surface area contributed by atoms with Crippen LogP contribution in [0.2, 0.25) is 0 Å². The third-order valence-electron chi connectivity index (χ3n) is 3.86. The van der Waals surface area contributed by atoms with E-state index in [2.05, 4.69) is 17.4 Å². The maximum atomic E-state index is 12.0. The molecule has 0 heterocycles. The van der Waals surface area contributed by atoms with Crippen molar-refractivity contribution >= 4 is 11.7 Å². The molecule has 0 radical (unpaired) electrons. The van der Waals surface area contributed by atoms with Gasteiger partial charge in [0.2, 0.25) is 0 Å². The third kappa shape index (κ3) is 3.05. The summed E-state index contributed by atoms with van der Waals surface area (Å²) in [7, 11) is 0. The molecule has 1 aromatic rings. The number of amidine groups is 1. The number of benzene rings is 1. The normalized spacial score (nSPS) is 17.0. The summed E-state index contributed by atoms with van der Waals surface area (Å²) >= 11 is 0. The van der Waals surface area contributed by atoms with Gasteiger partial charge in [-0.25, -0.2) is 0 Å². The van der Waals surface area contributed by atoms with E-state index in [0.29, 0.717) is 16.5 Å². The predicted octanol–water partition coefficient (Wildman–Crippen LogP) is 1.70. The number of carbonyl (C=O) groups is 1. The zero-order chi connectivity index (χ0) is 13.9. The van der Waals surface area contributed by atoms with Crippen LogP contribution >= 0.6 is 0 Å². The van der Waals surface area contributed by atoms with Gasteiger partial charge in [0.25, 0.3) is 5.91 Å². The number of nitrogens with two attached hydrogens (primary N) is 1. The van der Waals surface area contributed by atoms with Gasteiger partial charge >= 0.3 is 0 Å². The molecule has 1 aromatic carbocycles. The van der Waals surface area contributed by atoms with Crippen molar-refractivity contribution in [2.24, 2.45) is 16.3 Å². The van der Waals surface area contributed by atoms with Gasteiger partial charge in [-0.15, -0.1) is 0 Å². The van der Waals surface area contributed by atoms with Gasteiger partial charge in [-0.3, -0.25) is 4.79 Å². The molecule has 5 heteroatoms. The zero-order valence-corrected chi connectivity index (χ0v) is 11.0. The molecule has 0 aromatic heterocycles.